The minimum Gasteiger partial charge on any atom is -0.510 e. The van der Waals surface area contributed by atoms with Crippen LogP contribution in [0.25, 0.3) is 16.1 Å². The number of carbonyl (C=O) groups is 2. The second-order valence-electron chi connectivity index (χ2n) is 5.18. The van der Waals surface area contributed by atoms with Gasteiger partial charge < -0.3 is 19.5 Å². The summed E-state index contributed by atoms with van der Waals surface area (Å²) in [5, 5.41) is 21.5. The van der Waals surface area contributed by atoms with E-state index in [0.717, 1.165) is 4.88 Å². The molecule has 0 bridgehead atoms. The molecule has 0 atom stereocenters. The first-order valence-corrected chi connectivity index (χ1v) is 8.22. The quantitative estimate of drug-likeness (QED) is 0.488. The van der Waals surface area contributed by atoms with Crippen molar-refractivity contribution in [1.29, 1.82) is 0 Å². The van der Waals surface area contributed by atoms with Crippen LogP contribution in [0.2, 0.25) is 0 Å². The van der Waals surface area contributed by atoms with Gasteiger partial charge in [-0.3, -0.25) is 0 Å². The third-order valence-electron chi connectivity index (χ3n) is 3.77. The third kappa shape index (κ3) is 2.82. The first kappa shape index (κ1) is 17.8. The van der Waals surface area contributed by atoms with Crippen LogP contribution < -0.4 is 0 Å². The maximum Gasteiger partial charge on any atom is 0.358 e. The van der Waals surface area contributed by atoms with Crippen LogP contribution in [0.4, 0.5) is 0 Å². The lowest BCUT2D eigenvalue weighted by molar-refractivity contribution is -0.134. The fraction of sp³-hybridized carbons (Fsp3) is 0.294. The molecule has 0 unspecified atom stereocenters. The molecule has 0 aliphatic heterocycles. The van der Waals surface area contributed by atoms with E-state index >= 15 is 0 Å². The molecule has 0 saturated carbocycles. The number of hydrogen-bond acceptors (Lipinski definition) is 5. The Morgan fingerprint density at radius 1 is 1.33 bits per heavy atom. The first-order valence-electron chi connectivity index (χ1n) is 7.34. The topological polar surface area (TPSA) is 88.8 Å². The van der Waals surface area contributed by atoms with E-state index in [4.69, 9.17) is 4.74 Å². The van der Waals surface area contributed by atoms with Crippen molar-refractivity contribution in [3.8, 4) is 10.4 Å². The van der Waals surface area contributed by atoms with E-state index < -0.39 is 11.9 Å². The van der Waals surface area contributed by atoms with Gasteiger partial charge in [0.1, 0.15) is 5.76 Å². The van der Waals surface area contributed by atoms with Crippen molar-refractivity contribution in [1.82, 2.24) is 4.57 Å². The lowest BCUT2D eigenvalue weighted by Gasteiger charge is -2.14. The lowest BCUT2D eigenvalue weighted by Crippen LogP contribution is -2.16. The van der Waals surface area contributed by atoms with E-state index in [0.29, 0.717) is 23.4 Å². The molecule has 24 heavy (non-hydrogen) atoms. The summed E-state index contributed by atoms with van der Waals surface area (Å²) in [5.41, 5.74) is 1.63. The van der Waals surface area contributed by atoms with Crippen LogP contribution in [0.5, 0.6) is 0 Å². The van der Waals surface area contributed by atoms with Gasteiger partial charge in [-0.15, -0.1) is 11.3 Å². The number of aromatic carboxylic acids is 1. The molecule has 0 radical (unpaired) electrons. The second kappa shape index (κ2) is 6.92. The smallest absolute Gasteiger partial charge is 0.358 e. The molecule has 0 fully saturated rings. The van der Waals surface area contributed by atoms with Crippen molar-refractivity contribution in [3.63, 3.8) is 0 Å². The first-order chi connectivity index (χ1) is 11.3. The number of aromatic nitrogens is 1. The Morgan fingerprint density at radius 3 is 2.42 bits per heavy atom. The molecule has 0 saturated heterocycles. The number of thiophene rings is 1. The number of aliphatic hydroxyl groups is 1. The zero-order chi connectivity index (χ0) is 18.0. The van der Waals surface area contributed by atoms with Crippen molar-refractivity contribution in [3.05, 3.63) is 40.2 Å². The van der Waals surface area contributed by atoms with E-state index in [1.54, 1.807) is 6.92 Å². The van der Waals surface area contributed by atoms with Crippen LogP contribution in [0, 0.1) is 6.92 Å². The predicted molar refractivity (Wildman–Crippen MR) is 92.4 cm³/mol. The van der Waals surface area contributed by atoms with Gasteiger partial charge in [0, 0.05) is 21.8 Å². The molecule has 7 heteroatoms. The van der Waals surface area contributed by atoms with Crippen molar-refractivity contribution >= 4 is 29.0 Å². The summed E-state index contributed by atoms with van der Waals surface area (Å²) in [7, 11) is 1.22. The summed E-state index contributed by atoms with van der Waals surface area (Å²) in [5.74, 6) is -2.04. The molecule has 0 aliphatic carbocycles. The van der Waals surface area contributed by atoms with Gasteiger partial charge in [0.25, 0.3) is 0 Å². The van der Waals surface area contributed by atoms with Crippen LogP contribution >= 0.6 is 11.3 Å². The molecule has 0 amide bonds. The number of esters is 1. The van der Waals surface area contributed by atoms with Gasteiger partial charge in [-0.05, 0) is 31.7 Å². The molecule has 2 aromatic heterocycles. The molecular formula is C17H19NO5S. The highest BCUT2D eigenvalue weighted by Crippen LogP contribution is 2.38. The van der Waals surface area contributed by atoms with E-state index in [1.807, 2.05) is 24.4 Å². The molecule has 0 aromatic carbocycles. The van der Waals surface area contributed by atoms with Gasteiger partial charge >= 0.3 is 11.9 Å². The number of aliphatic hydroxyl groups excluding tert-OH is 1. The summed E-state index contributed by atoms with van der Waals surface area (Å²) < 4.78 is 6.25. The van der Waals surface area contributed by atoms with Crippen LogP contribution in [0.3, 0.4) is 0 Å². The van der Waals surface area contributed by atoms with Crippen LogP contribution in [-0.2, 0) is 16.0 Å². The summed E-state index contributed by atoms with van der Waals surface area (Å²) in [4.78, 5) is 24.8. The molecule has 2 rings (SSSR count). The highest BCUT2D eigenvalue weighted by Gasteiger charge is 2.30. The minimum absolute atomic E-state index is 0.0721. The molecule has 2 heterocycles. The molecule has 0 spiro atoms. The van der Waals surface area contributed by atoms with Gasteiger partial charge in [-0.2, -0.15) is 0 Å². The van der Waals surface area contributed by atoms with Gasteiger partial charge in [0.2, 0.25) is 0 Å². The average molecular weight is 349 g/mol. The summed E-state index contributed by atoms with van der Waals surface area (Å²) in [6, 6.07) is 3.68. The molecular weight excluding hydrogens is 330 g/mol. The zero-order valence-electron chi connectivity index (χ0n) is 13.9. The number of methoxy groups -OCH3 is 1. The van der Waals surface area contributed by atoms with E-state index in [-0.39, 0.29) is 17.0 Å². The Morgan fingerprint density at radius 2 is 2.00 bits per heavy atom. The molecule has 128 valence electrons. The Bertz CT molecular complexity index is 811. The summed E-state index contributed by atoms with van der Waals surface area (Å²) in [6.45, 7) is 4.86. The Labute approximate surface area is 143 Å². The molecule has 2 aromatic rings. The zero-order valence-corrected chi connectivity index (χ0v) is 14.7. The fourth-order valence-corrected chi connectivity index (χ4v) is 3.63. The predicted octanol–water partition coefficient (Wildman–Crippen LogP) is 3.71. The van der Waals surface area contributed by atoms with Gasteiger partial charge in [-0.1, -0.05) is 13.0 Å². The number of hydrogen-bond donors (Lipinski definition) is 2. The number of allylic oxidation sites excluding steroid dienone is 1. The van der Waals surface area contributed by atoms with Gasteiger partial charge in [0.05, 0.1) is 12.7 Å². The van der Waals surface area contributed by atoms with Crippen LogP contribution in [0.1, 0.15) is 35.6 Å². The fourth-order valence-electron chi connectivity index (χ4n) is 2.83. The Balaban J connectivity index is 2.93. The third-order valence-corrected chi connectivity index (χ3v) is 4.65. The monoisotopic (exact) mass is 349 g/mol. The van der Waals surface area contributed by atoms with E-state index in [2.05, 4.69) is 0 Å². The van der Waals surface area contributed by atoms with Crippen LogP contribution in [0.15, 0.2) is 23.3 Å². The number of carboxylic acids is 1. The van der Waals surface area contributed by atoms with Gasteiger partial charge in [0.15, 0.2) is 5.70 Å². The molecule has 0 aliphatic rings. The maximum atomic E-state index is 12.1. The van der Waals surface area contributed by atoms with Crippen molar-refractivity contribution in [2.45, 2.75) is 27.2 Å². The molecule has 6 nitrogen and oxygen atoms in total. The summed E-state index contributed by atoms with van der Waals surface area (Å²) in [6.07, 6.45) is 0.481. The van der Waals surface area contributed by atoms with Gasteiger partial charge in [-0.25, -0.2) is 9.59 Å². The lowest BCUT2D eigenvalue weighted by atomic mass is 10.1. The number of ether oxygens (including phenoxy) is 1. The maximum absolute atomic E-state index is 12.1. The average Bonchev–Trinajstić information content (AvgIpc) is 3.13. The standard InChI is InChI=1S/C17H19NO5S/c1-5-11-14(12-7-6-8-24-12)13(16(20)21)9(2)18(11)15(10(3)19)17(22)23-4/h6-8,19H,5H2,1-4H3,(H,20,21)/b15-10+. The Hall–Kier alpha value is -2.54. The number of nitrogens with zero attached hydrogens (tertiary/aromatic N) is 1. The highest BCUT2D eigenvalue weighted by molar-refractivity contribution is 7.13. The van der Waals surface area contributed by atoms with Crippen molar-refractivity contribution in [2.24, 2.45) is 0 Å². The minimum atomic E-state index is -1.08. The second-order valence-corrected chi connectivity index (χ2v) is 6.13. The van der Waals surface area contributed by atoms with Crippen LogP contribution in [-0.4, -0.2) is 33.8 Å². The Kier molecular flexibility index (Phi) is 5.14. The highest BCUT2D eigenvalue weighted by atomic mass is 32.1. The number of carbonyl (C=O) groups excluding carboxylic acids is 1. The number of rotatable bonds is 5. The normalized spacial score (nSPS) is 12.0. The number of carboxylic acid groups (broad SMARTS) is 1. The van der Waals surface area contributed by atoms with Crippen molar-refractivity contribution < 1.29 is 24.5 Å². The van der Waals surface area contributed by atoms with E-state index in [9.17, 15) is 19.8 Å². The van der Waals surface area contributed by atoms with Crippen molar-refractivity contribution in [2.75, 3.05) is 7.11 Å². The summed E-state index contributed by atoms with van der Waals surface area (Å²) >= 11 is 1.42. The SMILES string of the molecule is CCc1c(-c2cccs2)c(C(=O)O)c(C)n1/C(C(=O)OC)=C(\C)O. The van der Waals surface area contributed by atoms with E-state index in [1.165, 1.54) is 29.9 Å². The largest absolute Gasteiger partial charge is 0.510 e. The molecule has 2 N–H and O–H groups in total.